The lowest BCUT2D eigenvalue weighted by Crippen LogP contribution is -2.48. The van der Waals surface area contributed by atoms with Crippen LogP contribution in [0.4, 0.5) is 0 Å². The fourth-order valence-corrected chi connectivity index (χ4v) is 3.41. The number of nitrogens with zero attached hydrogens (tertiary/aromatic N) is 3. The smallest absolute Gasteiger partial charge is 0.222 e. The largest absolute Gasteiger partial charge is 0.340 e. The molecule has 0 atom stereocenters. The standard InChI is InChI=1S/C15H25N3OS/c1-11(2)9-15(19)18-7-5-17(6-8-18)10-14-16-12(3)13(4)20-14/h11H,5-10H2,1-4H3. The van der Waals surface area contributed by atoms with Crippen LogP contribution in [-0.4, -0.2) is 46.9 Å². The summed E-state index contributed by atoms with van der Waals surface area (Å²) in [6.45, 7) is 12.9. The fraction of sp³-hybridized carbons (Fsp3) is 0.733. The molecule has 20 heavy (non-hydrogen) atoms. The fourth-order valence-electron chi connectivity index (χ4n) is 2.43. The molecule has 0 bridgehead atoms. The van der Waals surface area contributed by atoms with Crippen LogP contribution < -0.4 is 0 Å². The van der Waals surface area contributed by atoms with E-state index < -0.39 is 0 Å². The lowest BCUT2D eigenvalue weighted by atomic mass is 10.1. The molecule has 1 fully saturated rings. The van der Waals surface area contributed by atoms with Crippen LogP contribution in [0.15, 0.2) is 0 Å². The molecule has 1 aromatic rings. The highest BCUT2D eigenvalue weighted by molar-refractivity contribution is 7.11. The van der Waals surface area contributed by atoms with Crippen molar-refractivity contribution in [3.8, 4) is 0 Å². The van der Waals surface area contributed by atoms with E-state index in [-0.39, 0.29) is 0 Å². The number of amides is 1. The molecule has 0 saturated carbocycles. The van der Waals surface area contributed by atoms with Crippen LogP contribution in [0.5, 0.6) is 0 Å². The Labute approximate surface area is 125 Å². The first-order valence-corrected chi connectivity index (χ1v) is 8.20. The number of aryl methyl sites for hydroxylation is 2. The number of piperazine rings is 1. The van der Waals surface area contributed by atoms with Gasteiger partial charge >= 0.3 is 0 Å². The molecule has 1 aromatic heterocycles. The van der Waals surface area contributed by atoms with E-state index in [0.717, 1.165) is 38.4 Å². The van der Waals surface area contributed by atoms with Gasteiger partial charge in [-0.25, -0.2) is 4.98 Å². The summed E-state index contributed by atoms with van der Waals surface area (Å²) in [4.78, 5) is 22.3. The summed E-state index contributed by atoms with van der Waals surface area (Å²) < 4.78 is 0. The Morgan fingerprint density at radius 1 is 1.25 bits per heavy atom. The number of thiazole rings is 1. The van der Waals surface area contributed by atoms with Gasteiger partial charge in [0.25, 0.3) is 0 Å². The van der Waals surface area contributed by atoms with Crippen LogP contribution >= 0.6 is 11.3 Å². The molecule has 112 valence electrons. The molecular weight excluding hydrogens is 270 g/mol. The molecule has 0 aromatic carbocycles. The number of hydrogen-bond donors (Lipinski definition) is 0. The van der Waals surface area contributed by atoms with Crippen molar-refractivity contribution in [2.75, 3.05) is 26.2 Å². The Kier molecular flexibility index (Phi) is 5.16. The monoisotopic (exact) mass is 295 g/mol. The van der Waals surface area contributed by atoms with Crippen molar-refractivity contribution in [1.29, 1.82) is 0 Å². The third-order valence-electron chi connectivity index (χ3n) is 3.74. The molecule has 0 aliphatic carbocycles. The summed E-state index contributed by atoms with van der Waals surface area (Å²) in [6.07, 6.45) is 0.671. The Morgan fingerprint density at radius 3 is 2.40 bits per heavy atom. The van der Waals surface area contributed by atoms with Crippen molar-refractivity contribution in [1.82, 2.24) is 14.8 Å². The van der Waals surface area contributed by atoms with Gasteiger partial charge in [0.15, 0.2) is 0 Å². The Morgan fingerprint density at radius 2 is 1.90 bits per heavy atom. The van der Waals surface area contributed by atoms with E-state index in [9.17, 15) is 4.79 Å². The second kappa shape index (κ2) is 6.68. The average molecular weight is 295 g/mol. The summed E-state index contributed by atoms with van der Waals surface area (Å²) in [5.74, 6) is 0.752. The van der Waals surface area contributed by atoms with Crippen LogP contribution in [0.3, 0.4) is 0 Å². The van der Waals surface area contributed by atoms with Crippen LogP contribution in [0, 0.1) is 19.8 Å². The SMILES string of the molecule is Cc1nc(CN2CCN(C(=O)CC(C)C)CC2)sc1C. The van der Waals surface area contributed by atoms with Crippen molar-refractivity contribution in [2.45, 2.75) is 40.7 Å². The van der Waals surface area contributed by atoms with Gasteiger partial charge in [-0.1, -0.05) is 13.8 Å². The molecule has 2 rings (SSSR count). The van der Waals surface area contributed by atoms with E-state index in [0.29, 0.717) is 18.2 Å². The molecule has 0 unspecified atom stereocenters. The highest BCUT2D eigenvalue weighted by Gasteiger charge is 2.22. The van der Waals surface area contributed by atoms with Crippen molar-refractivity contribution in [3.05, 3.63) is 15.6 Å². The number of rotatable bonds is 4. The van der Waals surface area contributed by atoms with E-state index in [4.69, 9.17) is 0 Å². The molecule has 5 heteroatoms. The Bertz CT molecular complexity index is 442. The molecule has 0 spiro atoms. The van der Waals surface area contributed by atoms with Crippen molar-refractivity contribution >= 4 is 17.2 Å². The number of carbonyl (C=O) groups excluding carboxylic acids is 1. The van der Waals surface area contributed by atoms with Crippen molar-refractivity contribution in [3.63, 3.8) is 0 Å². The van der Waals surface area contributed by atoms with E-state index in [1.165, 1.54) is 9.88 Å². The Hall–Kier alpha value is -0.940. The zero-order valence-corrected chi connectivity index (χ0v) is 13.8. The second-order valence-corrected chi connectivity index (χ2v) is 7.29. The minimum absolute atomic E-state index is 0.306. The minimum Gasteiger partial charge on any atom is -0.340 e. The summed E-state index contributed by atoms with van der Waals surface area (Å²) in [7, 11) is 0. The van der Waals surface area contributed by atoms with Crippen LogP contribution in [0.25, 0.3) is 0 Å². The van der Waals surface area contributed by atoms with Gasteiger partial charge in [0.2, 0.25) is 5.91 Å². The van der Waals surface area contributed by atoms with E-state index in [1.54, 1.807) is 11.3 Å². The number of aromatic nitrogens is 1. The zero-order valence-electron chi connectivity index (χ0n) is 13.0. The first-order chi connectivity index (χ1) is 9.45. The molecule has 1 saturated heterocycles. The van der Waals surface area contributed by atoms with Crippen molar-refractivity contribution in [2.24, 2.45) is 5.92 Å². The maximum absolute atomic E-state index is 12.0. The number of hydrogen-bond acceptors (Lipinski definition) is 4. The van der Waals surface area contributed by atoms with Crippen molar-refractivity contribution < 1.29 is 4.79 Å². The average Bonchev–Trinajstić information content (AvgIpc) is 2.68. The van der Waals surface area contributed by atoms with Gasteiger partial charge < -0.3 is 4.90 Å². The van der Waals surface area contributed by atoms with E-state index in [1.807, 2.05) is 4.90 Å². The predicted octanol–water partition coefficient (Wildman–Crippen LogP) is 2.45. The van der Waals surface area contributed by atoms with Gasteiger partial charge in [0, 0.05) is 37.5 Å². The molecule has 1 amide bonds. The van der Waals surface area contributed by atoms with Gasteiger partial charge in [0.05, 0.1) is 12.2 Å². The highest BCUT2D eigenvalue weighted by atomic mass is 32.1. The molecule has 0 radical (unpaired) electrons. The maximum atomic E-state index is 12.0. The lowest BCUT2D eigenvalue weighted by Gasteiger charge is -2.34. The summed E-state index contributed by atoms with van der Waals surface area (Å²) in [5, 5.41) is 1.20. The molecule has 1 aliphatic heterocycles. The molecule has 1 aliphatic rings. The molecule has 2 heterocycles. The lowest BCUT2D eigenvalue weighted by molar-refractivity contribution is -0.133. The predicted molar refractivity (Wildman–Crippen MR) is 82.9 cm³/mol. The third kappa shape index (κ3) is 4.03. The van der Waals surface area contributed by atoms with Gasteiger partial charge in [-0.05, 0) is 19.8 Å². The van der Waals surface area contributed by atoms with Gasteiger partial charge in [-0.15, -0.1) is 11.3 Å². The quantitative estimate of drug-likeness (QED) is 0.856. The first kappa shape index (κ1) is 15.4. The van der Waals surface area contributed by atoms with Gasteiger partial charge in [0.1, 0.15) is 5.01 Å². The maximum Gasteiger partial charge on any atom is 0.222 e. The van der Waals surface area contributed by atoms with Gasteiger partial charge in [-0.3, -0.25) is 9.69 Å². The summed E-state index contributed by atoms with van der Waals surface area (Å²) >= 11 is 1.79. The Balaban J connectivity index is 1.81. The van der Waals surface area contributed by atoms with Crippen LogP contribution in [0.1, 0.15) is 35.8 Å². The normalized spacial score (nSPS) is 16.9. The minimum atomic E-state index is 0.306. The molecule has 4 nitrogen and oxygen atoms in total. The molecule has 0 N–H and O–H groups in total. The molecular formula is C15H25N3OS. The van der Waals surface area contributed by atoms with Crippen LogP contribution in [0.2, 0.25) is 0 Å². The number of carbonyl (C=O) groups is 1. The first-order valence-electron chi connectivity index (χ1n) is 7.38. The summed E-state index contributed by atoms with van der Waals surface area (Å²) in [6, 6.07) is 0. The summed E-state index contributed by atoms with van der Waals surface area (Å²) in [5.41, 5.74) is 1.15. The van der Waals surface area contributed by atoms with Gasteiger partial charge in [-0.2, -0.15) is 0 Å². The highest BCUT2D eigenvalue weighted by Crippen LogP contribution is 2.19. The van der Waals surface area contributed by atoms with Crippen LogP contribution in [-0.2, 0) is 11.3 Å². The second-order valence-electron chi connectivity index (χ2n) is 6.00. The topological polar surface area (TPSA) is 36.4 Å². The third-order valence-corrected chi connectivity index (χ3v) is 4.80. The van der Waals surface area contributed by atoms with E-state index in [2.05, 4.69) is 37.6 Å². The van der Waals surface area contributed by atoms with E-state index >= 15 is 0 Å². The zero-order chi connectivity index (χ0) is 14.7.